The molecule has 0 atom stereocenters. The third kappa shape index (κ3) is 5.05. The second kappa shape index (κ2) is 6.74. The van der Waals surface area contributed by atoms with Gasteiger partial charge in [-0.25, -0.2) is 0 Å². The van der Waals surface area contributed by atoms with E-state index in [-0.39, 0.29) is 0 Å². The molecule has 1 N–H and O–H groups in total. The summed E-state index contributed by atoms with van der Waals surface area (Å²) in [6, 6.07) is 2.11. The molecule has 1 rings (SSSR count). The summed E-state index contributed by atoms with van der Waals surface area (Å²) in [5.41, 5.74) is 2.85. The first-order chi connectivity index (χ1) is 8.44. The molecule has 0 aliphatic carbocycles. The van der Waals surface area contributed by atoms with Crippen molar-refractivity contribution in [3.63, 3.8) is 0 Å². The molecule has 1 aromatic rings. The van der Waals surface area contributed by atoms with Crippen molar-refractivity contribution in [1.29, 1.82) is 0 Å². The van der Waals surface area contributed by atoms with E-state index in [4.69, 9.17) is 0 Å². The van der Waals surface area contributed by atoms with E-state index >= 15 is 0 Å². The Balaban J connectivity index is 2.74. The van der Waals surface area contributed by atoms with Gasteiger partial charge in [0.15, 0.2) is 0 Å². The lowest BCUT2D eigenvalue weighted by molar-refractivity contribution is 0.418. The van der Waals surface area contributed by atoms with E-state index in [9.17, 15) is 0 Å². The number of anilines is 1. The molecule has 0 aliphatic rings. The van der Waals surface area contributed by atoms with Gasteiger partial charge in [0.25, 0.3) is 0 Å². The van der Waals surface area contributed by atoms with E-state index in [2.05, 4.69) is 56.0 Å². The molecule has 0 spiro atoms. The molecule has 3 heteroatoms. The van der Waals surface area contributed by atoms with Gasteiger partial charge in [-0.2, -0.15) is 0 Å². The van der Waals surface area contributed by atoms with Gasteiger partial charge in [0.2, 0.25) is 0 Å². The first-order valence-corrected chi connectivity index (χ1v) is 6.79. The molecule has 0 fully saturated rings. The third-order valence-corrected chi connectivity index (χ3v) is 2.74. The largest absolute Gasteiger partial charge is 0.374 e. The number of rotatable bonds is 6. The topological polar surface area (TPSA) is 28.2 Å². The van der Waals surface area contributed by atoms with Crippen molar-refractivity contribution >= 4 is 5.69 Å². The number of hydrogen-bond acceptors (Lipinski definition) is 3. The lowest BCUT2D eigenvalue weighted by atomic mass is 9.96. The summed E-state index contributed by atoms with van der Waals surface area (Å²) in [6.45, 7) is 12.0. The molecule has 0 saturated heterocycles. The average Bonchev–Trinajstić information content (AvgIpc) is 2.27. The maximum absolute atomic E-state index is 4.24. The lowest BCUT2D eigenvalue weighted by Crippen LogP contribution is -2.30. The number of pyridine rings is 1. The normalized spacial score (nSPS) is 11.6. The van der Waals surface area contributed by atoms with Crippen LogP contribution in [0, 0.1) is 5.41 Å². The molecule has 1 aromatic heterocycles. The maximum Gasteiger partial charge on any atom is 0.0440 e. The molecule has 0 radical (unpaired) electrons. The van der Waals surface area contributed by atoms with E-state index in [1.165, 1.54) is 11.3 Å². The smallest absolute Gasteiger partial charge is 0.0440 e. The molecule has 18 heavy (non-hydrogen) atoms. The molecule has 1 heterocycles. The highest BCUT2D eigenvalue weighted by molar-refractivity contribution is 5.51. The molecule has 0 aliphatic heterocycles. The summed E-state index contributed by atoms with van der Waals surface area (Å²) in [6.07, 6.45) is 5.00. The first kappa shape index (κ1) is 15.0. The van der Waals surface area contributed by atoms with Crippen LogP contribution >= 0.6 is 0 Å². The molecular formula is C15H27N3. The van der Waals surface area contributed by atoms with Gasteiger partial charge in [0.1, 0.15) is 0 Å². The SMILES string of the molecule is CCCNCc1cnccc1N(C)CC(C)(C)C. The van der Waals surface area contributed by atoms with Crippen molar-refractivity contribution in [1.82, 2.24) is 10.3 Å². The van der Waals surface area contributed by atoms with E-state index in [1.54, 1.807) is 0 Å². The predicted molar refractivity (Wildman–Crippen MR) is 79.0 cm³/mol. The van der Waals surface area contributed by atoms with Crippen molar-refractivity contribution in [2.45, 2.75) is 40.7 Å². The van der Waals surface area contributed by atoms with Gasteiger partial charge in [-0.1, -0.05) is 27.7 Å². The van der Waals surface area contributed by atoms with Crippen molar-refractivity contribution in [2.24, 2.45) is 5.41 Å². The second-order valence-corrected chi connectivity index (χ2v) is 6.10. The number of hydrogen-bond donors (Lipinski definition) is 1. The van der Waals surface area contributed by atoms with Gasteiger partial charge in [0, 0.05) is 43.8 Å². The zero-order valence-corrected chi connectivity index (χ0v) is 12.5. The average molecular weight is 249 g/mol. The van der Waals surface area contributed by atoms with Crippen LogP contribution in [0.1, 0.15) is 39.7 Å². The van der Waals surface area contributed by atoms with Crippen LogP contribution in [0.3, 0.4) is 0 Å². The summed E-state index contributed by atoms with van der Waals surface area (Å²) in [7, 11) is 2.16. The van der Waals surface area contributed by atoms with E-state index in [1.807, 2.05) is 12.4 Å². The summed E-state index contributed by atoms with van der Waals surface area (Å²) in [5.74, 6) is 0. The van der Waals surface area contributed by atoms with E-state index in [0.717, 1.165) is 26.1 Å². The molecule has 3 nitrogen and oxygen atoms in total. The molecular weight excluding hydrogens is 222 g/mol. The second-order valence-electron chi connectivity index (χ2n) is 6.10. The molecule has 0 amide bonds. The highest BCUT2D eigenvalue weighted by Gasteiger charge is 2.15. The summed E-state index contributed by atoms with van der Waals surface area (Å²) < 4.78 is 0. The zero-order valence-electron chi connectivity index (χ0n) is 12.5. The predicted octanol–water partition coefficient (Wildman–Crippen LogP) is 3.06. The summed E-state index contributed by atoms with van der Waals surface area (Å²) in [4.78, 5) is 6.56. The number of nitrogens with one attached hydrogen (secondary N) is 1. The highest BCUT2D eigenvalue weighted by Crippen LogP contribution is 2.22. The Labute approximate surface area is 112 Å². The summed E-state index contributed by atoms with van der Waals surface area (Å²) >= 11 is 0. The van der Waals surface area contributed by atoms with E-state index in [0.29, 0.717) is 5.41 Å². The molecule has 0 aromatic carbocycles. The minimum Gasteiger partial charge on any atom is -0.374 e. The van der Waals surface area contributed by atoms with E-state index < -0.39 is 0 Å². The quantitative estimate of drug-likeness (QED) is 0.785. The van der Waals surface area contributed by atoms with Gasteiger partial charge >= 0.3 is 0 Å². The van der Waals surface area contributed by atoms with Crippen molar-refractivity contribution < 1.29 is 0 Å². The maximum atomic E-state index is 4.24. The Bertz CT molecular complexity index is 355. The van der Waals surface area contributed by atoms with Crippen molar-refractivity contribution in [3.8, 4) is 0 Å². The number of aromatic nitrogens is 1. The monoisotopic (exact) mass is 249 g/mol. The Morgan fingerprint density at radius 1 is 1.33 bits per heavy atom. The van der Waals surface area contributed by atoms with Crippen LogP contribution < -0.4 is 10.2 Å². The Hall–Kier alpha value is -1.09. The molecule has 0 bridgehead atoms. The molecule has 0 unspecified atom stereocenters. The van der Waals surface area contributed by atoms with Crippen molar-refractivity contribution in [3.05, 3.63) is 24.0 Å². The Morgan fingerprint density at radius 2 is 2.06 bits per heavy atom. The van der Waals surface area contributed by atoms with Crippen LogP contribution in [0.4, 0.5) is 5.69 Å². The van der Waals surface area contributed by atoms with Crippen molar-refractivity contribution in [2.75, 3.05) is 25.0 Å². The molecule has 102 valence electrons. The van der Waals surface area contributed by atoms with Gasteiger partial charge in [-0.15, -0.1) is 0 Å². The van der Waals surface area contributed by atoms with Crippen LogP contribution in [0.25, 0.3) is 0 Å². The lowest BCUT2D eigenvalue weighted by Gasteiger charge is -2.29. The standard InChI is InChI=1S/C15H27N3/c1-6-8-16-10-13-11-17-9-7-14(13)18(5)12-15(2,3)4/h7,9,11,16H,6,8,10,12H2,1-5H3. The van der Waals surface area contributed by atoms with Gasteiger partial charge < -0.3 is 10.2 Å². The van der Waals surface area contributed by atoms with Crippen LogP contribution in [-0.2, 0) is 6.54 Å². The number of nitrogens with zero attached hydrogens (tertiary/aromatic N) is 2. The highest BCUT2D eigenvalue weighted by atomic mass is 15.1. The summed E-state index contributed by atoms with van der Waals surface area (Å²) in [5, 5.41) is 3.44. The Kier molecular flexibility index (Phi) is 5.60. The minimum absolute atomic E-state index is 0.298. The van der Waals surface area contributed by atoms with Gasteiger partial charge in [0.05, 0.1) is 0 Å². The fraction of sp³-hybridized carbons (Fsp3) is 0.667. The van der Waals surface area contributed by atoms with Crippen LogP contribution in [0.5, 0.6) is 0 Å². The third-order valence-electron chi connectivity index (χ3n) is 2.74. The van der Waals surface area contributed by atoms with Crippen LogP contribution in [0.15, 0.2) is 18.5 Å². The zero-order chi connectivity index (χ0) is 13.6. The van der Waals surface area contributed by atoms with Crippen LogP contribution in [-0.4, -0.2) is 25.1 Å². The van der Waals surface area contributed by atoms with Gasteiger partial charge in [-0.3, -0.25) is 4.98 Å². The van der Waals surface area contributed by atoms with Crippen LogP contribution in [0.2, 0.25) is 0 Å². The Morgan fingerprint density at radius 3 is 2.67 bits per heavy atom. The fourth-order valence-corrected chi connectivity index (χ4v) is 2.12. The minimum atomic E-state index is 0.298. The van der Waals surface area contributed by atoms with Gasteiger partial charge in [-0.05, 0) is 24.4 Å². The fourth-order valence-electron chi connectivity index (χ4n) is 2.12. The molecule has 0 saturated carbocycles. The first-order valence-electron chi connectivity index (χ1n) is 6.79.